The van der Waals surface area contributed by atoms with Crippen LogP contribution in [-0.2, 0) is 0 Å². The maximum absolute atomic E-state index is 12.2. The van der Waals surface area contributed by atoms with Crippen molar-refractivity contribution in [1.29, 1.82) is 0 Å². The molecule has 1 aromatic heterocycles. The summed E-state index contributed by atoms with van der Waals surface area (Å²) in [7, 11) is 0. The van der Waals surface area contributed by atoms with Crippen LogP contribution in [0.2, 0.25) is 0 Å². The Hall–Kier alpha value is -1.58. The number of carbonyl (C=O) groups excluding carboxylic acids is 1. The number of amides is 1. The molecule has 1 saturated heterocycles. The number of likely N-dealkylation sites (tertiary alicyclic amines) is 1. The molecule has 0 bridgehead atoms. The Balaban J connectivity index is 2.05. The maximum atomic E-state index is 12.2. The second-order valence-corrected chi connectivity index (χ2v) is 4.63. The Labute approximate surface area is 102 Å². The third-order valence-corrected chi connectivity index (χ3v) is 3.34. The van der Waals surface area contributed by atoms with Crippen molar-refractivity contribution in [3.05, 3.63) is 23.9 Å². The number of rotatable bonds is 3. The summed E-state index contributed by atoms with van der Waals surface area (Å²) in [4.78, 5) is 18.1. The van der Waals surface area contributed by atoms with Crippen molar-refractivity contribution in [3.63, 3.8) is 0 Å². The van der Waals surface area contributed by atoms with Gasteiger partial charge in [-0.05, 0) is 30.9 Å². The Bertz CT molecular complexity index is 405. The summed E-state index contributed by atoms with van der Waals surface area (Å²) >= 11 is 0. The van der Waals surface area contributed by atoms with Gasteiger partial charge in [-0.15, -0.1) is 0 Å². The van der Waals surface area contributed by atoms with Crippen LogP contribution < -0.4 is 5.73 Å². The van der Waals surface area contributed by atoms with E-state index in [9.17, 15) is 4.79 Å². The largest absolute Gasteiger partial charge is 0.383 e. The van der Waals surface area contributed by atoms with Crippen LogP contribution in [-0.4, -0.2) is 28.9 Å². The van der Waals surface area contributed by atoms with E-state index in [1.807, 2.05) is 4.90 Å². The molecule has 4 heteroatoms. The molecular weight excluding hydrogens is 214 g/mol. The maximum Gasteiger partial charge on any atom is 0.257 e. The van der Waals surface area contributed by atoms with Crippen molar-refractivity contribution in [1.82, 2.24) is 9.88 Å². The van der Waals surface area contributed by atoms with Gasteiger partial charge in [0.1, 0.15) is 5.82 Å². The summed E-state index contributed by atoms with van der Waals surface area (Å²) in [6, 6.07) is 3.50. The fourth-order valence-corrected chi connectivity index (χ4v) is 2.43. The van der Waals surface area contributed by atoms with Gasteiger partial charge in [-0.3, -0.25) is 4.79 Å². The average Bonchev–Trinajstić information content (AvgIpc) is 2.78. The van der Waals surface area contributed by atoms with Crippen molar-refractivity contribution in [2.75, 3.05) is 18.8 Å². The molecule has 0 spiro atoms. The molecule has 0 aromatic carbocycles. The zero-order valence-electron chi connectivity index (χ0n) is 10.2. The minimum absolute atomic E-state index is 0.0224. The van der Waals surface area contributed by atoms with E-state index >= 15 is 0 Å². The van der Waals surface area contributed by atoms with Gasteiger partial charge in [-0.1, -0.05) is 13.3 Å². The molecule has 2 heterocycles. The summed E-state index contributed by atoms with van der Waals surface area (Å²) in [5, 5.41) is 0. The lowest BCUT2D eigenvalue weighted by Crippen LogP contribution is -2.29. The smallest absolute Gasteiger partial charge is 0.257 e. The highest BCUT2D eigenvalue weighted by Gasteiger charge is 2.27. The lowest BCUT2D eigenvalue weighted by atomic mass is 10.0. The predicted molar refractivity (Wildman–Crippen MR) is 67.6 cm³/mol. The van der Waals surface area contributed by atoms with E-state index in [1.54, 1.807) is 18.3 Å². The average molecular weight is 233 g/mol. The van der Waals surface area contributed by atoms with Crippen molar-refractivity contribution in [3.8, 4) is 0 Å². The Morgan fingerprint density at radius 2 is 2.47 bits per heavy atom. The first-order chi connectivity index (χ1) is 8.22. The first-order valence-corrected chi connectivity index (χ1v) is 6.22. The molecule has 17 heavy (non-hydrogen) atoms. The fourth-order valence-electron chi connectivity index (χ4n) is 2.43. The third kappa shape index (κ3) is 2.57. The molecule has 2 N–H and O–H groups in total. The topological polar surface area (TPSA) is 59.2 Å². The summed E-state index contributed by atoms with van der Waals surface area (Å²) < 4.78 is 0. The number of nitrogens with zero attached hydrogens (tertiary/aromatic N) is 2. The number of nitrogen functional groups attached to an aromatic ring is 1. The van der Waals surface area contributed by atoms with Crippen LogP contribution in [0.1, 0.15) is 36.5 Å². The first-order valence-electron chi connectivity index (χ1n) is 6.22. The van der Waals surface area contributed by atoms with Gasteiger partial charge in [0.25, 0.3) is 5.91 Å². The van der Waals surface area contributed by atoms with Crippen molar-refractivity contribution >= 4 is 11.7 Å². The molecule has 1 unspecified atom stereocenters. The Morgan fingerprint density at radius 1 is 1.65 bits per heavy atom. The molecule has 1 aliphatic rings. The van der Waals surface area contributed by atoms with Gasteiger partial charge in [0.2, 0.25) is 0 Å². The zero-order chi connectivity index (χ0) is 12.3. The van der Waals surface area contributed by atoms with E-state index in [4.69, 9.17) is 5.73 Å². The zero-order valence-corrected chi connectivity index (χ0v) is 10.2. The van der Waals surface area contributed by atoms with Crippen LogP contribution >= 0.6 is 0 Å². The van der Waals surface area contributed by atoms with Gasteiger partial charge in [-0.2, -0.15) is 0 Å². The summed E-state index contributed by atoms with van der Waals surface area (Å²) in [5.41, 5.74) is 6.26. The Morgan fingerprint density at radius 3 is 3.18 bits per heavy atom. The van der Waals surface area contributed by atoms with Crippen LogP contribution in [0.5, 0.6) is 0 Å². The molecule has 0 aliphatic carbocycles. The number of hydrogen-bond donors (Lipinski definition) is 1. The number of pyridine rings is 1. The minimum Gasteiger partial charge on any atom is -0.383 e. The molecule has 0 saturated carbocycles. The minimum atomic E-state index is 0.0224. The molecule has 2 rings (SSSR count). The third-order valence-electron chi connectivity index (χ3n) is 3.34. The van der Waals surface area contributed by atoms with E-state index in [-0.39, 0.29) is 5.91 Å². The van der Waals surface area contributed by atoms with E-state index in [0.29, 0.717) is 17.3 Å². The normalized spacial score (nSPS) is 19.6. The van der Waals surface area contributed by atoms with Crippen LogP contribution in [0.25, 0.3) is 0 Å². The quantitative estimate of drug-likeness (QED) is 0.867. The SMILES string of the molecule is CCCC1CCN(C(=O)c2cccnc2N)C1. The number of aromatic nitrogens is 1. The van der Waals surface area contributed by atoms with Gasteiger partial charge >= 0.3 is 0 Å². The number of anilines is 1. The molecule has 4 nitrogen and oxygen atoms in total. The second kappa shape index (κ2) is 5.17. The number of nitrogens with two attached hydrogens (primary N) is 1. The molecule has 1 amide bonds. The molecule has 1 aliphatic heterocycles. The number of hydrogen-bond acceptors (Lipinski definition) is 3. The fraction of sp³-hybridized carbons (Fsp3) is 0.538. The highest BCUT2D eigenvalue weighted by molar-refractivity contribution is 5.98. The standard InChI is InChI=1S/C13H19N3O/c1-2-4-10-6-8-16(9-10)13(17)11-5-3-7-15-12(11)14/h3,5,7,10H,2,4,6,8-9H2,1H3,(H2,14,15). The summed E-state index contributed by atoms with van der Waals surface area (Å²) in [6.07, 6.45) is 5.10. The number of carbonyl (C=O) groups is 1. The molecular formula is C13H19N3O. The molecule has 0 radical (unpaired) electrons. The van der Waals surface area contributed by atoms with E-state index in [1.165, 1.54) is 12.8 Å². The van der Waals surface area contributed by atoms with Crippen LogP contribution in [0.15, 0.2) is 18.3 Å². The van der Waals surface area contributed by atoms with E-state index in [0.717, 1.165) is 19.5 Å². The van der Waals surface area contributed by atoms with Crippen LogP contribution in [0, 0.1) is 5.92 Å². The van der Waals surface area contributed by atoms with Crippen molar-refractivity contribution in [2.24, 2.45) is 5.92 Å². The van der Waals surface area contributed by atoms with Gasteiger partial charge in [0.15, 0.2) is 0 Å². The highest BCUT2D eigenvalue weighted by atomic mass is 16.2. The lowest BCUT2D eigenvalue weighted by Gasteiger charge is -2.17. The molecule has 92 valence electrons. The first kappa shape index (κ1) is 11.9. The monoisotopic (exact) mass is 233 g/mol. The van der Waals surface area contributed by atoms with Gasteiger partial charge in [0.05, 0.1) is 5.56 Å². The molecule has 1 atom stereocenters. The van der Waals surface area contributed by atoms with Crippen molar-refractivity contribution in [2.45, 2.75) is 26.2 Å². The summed E-state index contributed by atoms with van der Waals surface area (Å²) in [6.45, 7) is 3.89. The van der Waals surface area contributed by atoms with Crippen LogP contribution in [0.4, 0.5) is 5.82 Å². The van der Waals surface area contributed by atoms with Gasteiger partial charge in [0, 0.05) is 19.3 Å². The Kier molecular flexibility index (Phi) is 3.61. The van der Waals surface area contributed by atoms with Crippen molar-refractivity contribution < 1.29 is 4.79 Å². The predicted octanol–water partition coefficient (Wildman–Crippen LogP) is 1.93. The lowest BCUT2D eigenvalue weighted by molar-refractivity contribution is 0.0787. The van der Waals surface area contributed by atoms with Gasteiger partial charge in [-0.25, -0.2) is 4.98 Å². The van der Waals surface area contributed by atoms with E-state index in [2.05, 4.69) is 11.9 Å². The van der Waals surface area contributed by atoms with Gasteiger partial charge < -0.3 is 10.6 Å². The molecule has 1 aromatic rings. The highest BCUT2D eigenvalue weighted by Crippen LogP contribution is 2.23. The second-order valence-electron chi connectivity index (χ2n) is 4.63. The van der Waals surface area contributed by atoms with E-state index < -0.39 is 0 Å². The van der Waals surface area contributed by atoms with Crippen LogP contribution in [0.3, 0.4) is 0 Å². The summed E-state index contributed by atoms with van der Waals surface area (Å²) in [5.74, 6) is 1.01. The molecule has 1 fully saturated rings.